The molecule has 2 aromatic carbocycles. The predicted molar refractivity (Wildman–Crippen MR) is 98.2 cm³/mol. The SMILES string of the molecule is C=CCN(Cc1cccc(C#N)c1)C(=O)CCc1ccc(OC(F)(F)F)cc1. The monoisotopic (exact) mass is 388 g/mol. The summed E-state index contributed by atoms with van der Waals surface area (Å²) < 4.78 is 40.4. The van der Waals surface area contributed by atoms with E-state index in [0.717, 1.165) is 11.1 Å². The Morgan fingerprint density at radius 3 is 2.50 bits per heavy atom. The summed E-state index contributed by atoms with van der Waals surface area (Å²) in [5, 5.41) is 8.98. The Balaban J connectivity index is 1.96. The van der Waals surface area contributed by atoms with Crippen LogP contribution < -0.4 is 4.74 Å². The minimum absolute atomic E-state index is 0.113. The van der Waals surface area contributed by atoms with Gasteiger partial charge in [0.2, 0.25) is 5.91 Å². The van der Waals surface area contributed by atoms with Crippen LogP contribution in [0.5, 0.6) is 5.75 Å². The number of aryl methyl sites for hydroxylation is 1. The molecule has 2 rings (SSSR count). The van der Waals surface area contributed by atoms with Gasteiger partial charge < -0.3 is 9.64 Å². The molecule has 0 aromatic heterocycles. The number of nitriles is 1. The molecule has 4 nitrogen and oxygen atoms in total. The van der Waals surface area contributed by atoms with Gasteiger partial charge >= 0.3 is 6.36 Å². The number of ether oxygens (including phenoxy) is 1. The average molecular weight is 388 g/mol. The van der Waals surface area contributed by atoms with Crippen molar-refractivity contribution >= 4 is 5.91 Å². The summed E-state index contributed by atoms with van der Waals surface area (Å²) in [6, 6.07) is 14.5. The molecule has 0 saturated carbocycles. The van der Waals surface area contributed by atoms with Crippen LogP contribution in [0.1, 0.15) is 23.1 Å². The van der Waals surface area contributed by atoms with Crippen molar-refractivity contribution in [3.05, 3.63) is 77.9 Å². The fourth-order valence-corrected chi connectivity index (χ4v) is 2.64. The van der Waals surface area contributed by atoms with Crippen LogP contribution in [0, 0.1) is 11.3 Å². The zero-order valence-corrected chi connectivity index (χ0v) is 15.1. The number of carbonyl (C=O) groups excluding carboxylic acids is 1. The maximum atomic E-state index is 12.6. The van der Waals surface area contributed by atoms with Crippen molar-refractivity contribution in [1.29, 1.82) is 5.26 Å². The van der Waals surface area contributed by atoms with Crippen LogP contribution in [0.15, 0.2) is 61.2 Å². The number of hydrogen-bond acceptors (Lipinski definition) is 3. The molecule has 0 N–H and O–H groups in total. The summed E-state index contributed by atoms with van der Waals surface area (Å²) in [6.45, 7) is 4.36. The molecule has 0 saturated heterocycles. The van der Waals surface area contributed by atoms with Crippen molar-refractivity contribution < 1.29 is 22.7 Å². The highest BCUT2D eigenvalue weighted by atomic mass is 19.4. The third-order valence-electron chi connectivity index (χ3n) is 3.92. The lowest BCUT2D eigenvalue weighted by Gasteiger charge is -2.21. The molecule has 0 spiro atoms. The number of halogens is 3. The molecular formula is C21H19F3N2O2. The molecular weight excluding hydrogens is 369 g/mol. The van der Waals surface area contributed by atoms with E-state index in [-0.39, 0.29) is 18.1 Å². The van der Waals surface area contributed by atoms with E-state index in [1.807, 2.05) is 6.07 Å². The fraction of sp³-hybridized carbons (Fsp3) is 0.238. The third-order valence-corrected chi connectivity index (χ3v) is 3.92. The minimum Gasteiger partial charge on any atom is -0.406 e. The van der Waals surface area contributed by atoms with Gasteiger partial charge in [-0.2, -0.15) is 5.26 Å². The molecule has 0 aliphatic carbocycles. The van der Waals surface area contributed by atoms with E-state index in [4.69, 9.17) is 5.26 Å². The molecule has 0 aliphatic rings. The number of benzene rings is 2. The largest absolute Gasteiger partial charge is 0.573 e. The number of amides is 1. The Bertz CT molecular complexity index is 855. The lowest BCUT2D eigenvalue weighted by molar-refractivity contribution is -0.274. The minimum atomic E-state index is -4.73. The Morgan fingerprint density at radius 1 is 1.18 bits per heavy atom. The second-order valence-corrected chi connectivity index (χ2v) is 6.07. The molecule has 0 fully saturated rings. The van der Waals surface area contributed by atoms with E-state index >= 15 is 0 Å². The summed E-state index contributed by atoms with van der Waals surface area (Å²) >= 11 is 0. The number of nitrogens with zero attached hydrogens (tertiary/aromatic N) is 2. The summed E-state index contributed by atoms with van der Waals surface area (Å²) in [5.74, 6) is -0.411. The molecule has 0 aliphatic heterocycles. The first-order chi connectivity index (χ1) is 13.3. The molecule has 1 amide bonds. The van der Waals surface area contributed by atoms with Gasteiger partial charge in [-0.25, -0.2) is 0 Å². The highest BCUT2D eigenvalue weighted by Crippen LogP contribution is 2.23. The Kier molecular flexibility index (Phi) is 7.21. The van der Waals surface area contributed by atoms with E-state index in [0.29, 0.717) is 25.1 Å². The van der Waals surface area contributed by atoms with Gasteiger partial charge in [-0.05, 0) is 41.8 Å². The van der Waals surface area contributed by atoms with E-state index in [1.165, 1.54) is 24.3 Å². The fourth-order valence-electron chi connectivity index (χ4n) is 2.64. The zero-order valence-electron chi connectivity index (χ0n) is 15.1. The van der Waals surface area contributed by atoms with Crippen LogP contribution in [-0.4, -0.2) is 23.7 Å². The highest BCUT2D eigenvalue weighted by Gasteiger charge is 2.30. The summed E-state index contributed by atoms with van der Waals surface area (Å²) in [7, 11) is 0. The predicted octanol–water partition coefficient (Wildman–Crippen LogP) is 4.60. The Hall–Kier alpha value is -3.27. The molecule has 0 unspecified atom stereocenters. The van der Waals surface area contributed by atoms with Crippen molar-refractivity contribution in [3.63, 3.8) is 0 Å². The van der Waals surface area contributed by atoms with Crippen LogP contribution in [-0.2, 0) is 17.8 Å². The first kappa shape index (κ1) is 21.0. The van der Waals surface area contributed by atoms with Gasteiger partial charge in [-0.1, -0.05) is 30.3 Å². The molecule has 2 aromatic rings. The Labute approximate surface area is 161 Å². The number of hydrogen-bond donors (Lipinski definition) is 0. The van der Waals surface area contributed by atoms with Crippen LogP contribution in [0.25, 0.3) is 0 Å². The molecule has 0 radical (unpaired) electrons. The topological polar surface area (TPSA) is 53.3 Å². The van der Waals surface area contributed by atoms with Crippen molar-refractivity contribution in [1.82, 2.24) is 4.90 Å². The maximum absolute atomic E-state index is 12.6. The van der Waals surface area contributed by atoms with E-state index in [2.05, 4.69) is 17.4 Å². The van der Waals surface area contributed by atoms with Crippen LogP contribution in [0.2, 0.25) is 0 Å². The zero-order chi connectivity index (χ0) is 20.6. The number of carbonyl (C=O) groups is 1. The van der Waals surface area contributed by atoms with Crippen molar-refractivity contribution in [2.45, 2.75) is 25.7 Å². The van der Waals surface area contributed by atoms with E-state index in [9.17, 15) is 18.0 Å². The standard InChI is InChI=1S/C21H19F3N2O2/c1-2-12-26(15-18-5-3-4-17(13-18)14-25)20(27)11-8-16-6-9-19(10-7-16)28-21(22,23)24/h2-7,9-10,13H,1,8,11-12,15H2. The van der Waals surface area contributed by atoms with Crippen molar-refractivity contribution in [2.75, 3.05) is 6.54 Å². The van der Waals surface area contributed by atoms with Gasteiger partial charge in [0.1, 0.15) is 5.75 Å². The third kappa shape index (κ3) is 6.80. The van der Waals surface area contributed by atoms with Gasteiger partial charge in [0.25, 0.3) is 0 Å². The molecule has 0 heterocycles. The van der Waals surface area contributed by atoms with Gasteiger partial charge in [-0.3, -0.25) is 4.79 Å². The number of rotatable bonds is 8. The van der Waals surface area contributed by atoms with Crippen LogP contribution in [0.4, 0.5) is 13.2 Å². The normalized spacial score (nSPS) is 10.8. The van der Waals surface area contributed by atoms with Gasteiger partial charge in [-0.15, -0.1) is 19.8 Å². The lowest BCUT2D eigenvalue weighted by Crippen LogP contribution is -2.30. The van der Waals surface area contributed by atoms with Crippen molar-refractivity contribution in [2.24, 2.45) is 0 Å². The molecule has 0 bridgehead atoms. The van der Waals surface area contributed by atoms with Gasteiger partial charge in [0.15, 0.2) is 0 Å². The first-order valence-electron chi connectivity index (χ1n) is 8.53. The molecule has 0 atom stereocenters. The summed E-state index contributed by atoms with van der Waals surface area (Å²) in [5.41, 5.74) is 2.08. The van der Waals surface area contributed by atoms with Gasteiger partial charge in [0.05, 0.1) is 11.6 Å². The molecule has 28 heavy (non-hydrogen) atoms. The van der Waals surface area contributed by atoms with Crippen molar-refractivity contribution in [3.8, 4) is 11.8 Å². The highest BCUT2D eigenvalue weighted by molar-refractivity contribution is 5.76. The molecule has 7 heteroatoms. The first-order valence-corrected chi connectivity index (χ1v) is 8.53. The lowest BCUT2D eigenvalue weighted by atomic mass is 10.1. The second-order valence-electron chi connectivity index (χ2n) is 6.07. The number of alkyl halides is 3. The smallest absolute Gasteiger partial charge is 0.406 e. The quantitative estimate of drug-likeness (QED) is 0.621. The van der Waals surface area contributed by atoms with Crippen LogP contribution in [0.3, 0.4) is 0 Å². The van der Waals surface area contributed by atoms with E-state index < -0.39 is 6.36 Å². The Morgan fingerprint density at radius 2 is 1.89 bits per heavy atom. The summed E-state index contributed by atoms with van der Waals surface area (Å²) in [4.78, 5) is 14.2. The van der Waals surface area contributed by atoms with Crippen LogP contribution >= 0.6 is 0 Å². The molecule has 146 valence electrons. The average Bonchev–Trinajstić information content (AvgIpc) is 2.66. The van der Waals surface area contributed by atoms with E-state index in [1.54, 1.807) is 29.2 Å². The summed E-state index contributed by atoms with van der Waals surface area (Å²) in [6.07, 6.45) is -2.52. The van der Waals surface area contributed by atoms with Gasteiger partial charge in [0, 0.05) is 19.5 Å². The second kappa shape index (κ2) is 9.60. The maximum Gasteiger partial charge on any atom is 0.573 e.